The van der Waals surface area contributed by atoms with Gasteiger partial charge in [0.2, 0.25) is 11.8 Å². The molecule has 2 atom stereocenters. The van der Waals surface area contributed by atoms with E-state index < -0.39 is 5.60 Å². The third kappa shape index (κ3) is 4.06. The van der Waals surface area contributed by atoms with Crippen LogP contribution < -0.4 is 5.32 Å². The number of nitrogens with one attached hydrogen (secondary N) is 1. The summed E-state index contributed by atoms with van der Waals surface area (Å²) in [4.78, 5) is 29.6. The summed E-state index contributed by atoms with van der Waals surface area (Å²) in [6.07, 6.45) is 3.77. The number of hydrogen-bond donors (Lipinski definition) is 3. The summed E-state index contributed by atoms with van der Waals surface area (Å²) < 4.78 is 5.54. The molecule has 3 aliphatic heterocycles. The third-order valence-electron chi connectivity index (χ3n) is 7.05. The van der Waals surface area contributed by atoms with Gasteiger partial charge in [-0.25, -0.2) is 0 Å². The Bertz CT molecular complexity index is 613. The first-order chi connectivity index (χ1) is 13.3. The molecule has 3 N–H and O–H groups in total. The van der Waals surface area contributed by atoms with E-state index in [0.717, 1.165) is 25.8 Å². The minimum absolute atomic E-state index is 0.00222. The quantitative estimate of drug-likeness (QED) is 0.592. The van der Waals surface area contributed by atoms with Gasteiger partial charge < -0.3 is 25.2 Å². The summed E-state index contributed by atoms with van der Waals surface area (Å²) in [6, 6.07) is -0.0472. The number of amides is 2. The molecule has 3 saturated heterocycles. The lowest BCUT2D eigenvalue weighted by atomic mass is 9.81. The van der Waals surface area contributed by atoms with Gasteiger partial charge in [0.15, 0.2) is 0 Å². The first-order valence-corrected chi connectivity index (χ1v) is 10.6. The molecule has 1 saturated carbocycles. The zero-order valence-electron chi connectivity index (χ0n) is 16.7. The number of carbonyl (C=O) groups is 2. The number of hydrogen-bond acceptors (Lipinski definition) is 6. The first kappa shape index (κ1) is 20.1. The second kappa shape index (κ2) is 7.55. The highest BCUT2D eigenvalue weighted by Gasteiger charge is 2.49. The molecule has 1 aliphatic carbocycles. The Balaban J connectivity index is 1.40. The first-order valence-electron chi connectivity index (χ1n) is 10.6. The molecular weight excluding hydrogens is 362 g/mol. The molecule has 4 rings (SSSR count). The predicted octanol–water partition coefficient (Wildman–Crippen LogP) is -0.520. The highest BCUT2D eigenvalue weighted by molar-refractivity contribution is 5.81. The zero-order valence-corrected chi connectivity index (χ0v) is 16.7. The summed E-state index contributed by atoms with van der Waals surface area (Å²) in [5.41, 5.74) is -0.958. The van der Waals surface area contributed by atoms with Crippen LogP contribution in [-0.4, -0.2) is 94.5 Å². The average molecular weight is 396 g/mol. The van der Waals surface area contributed by atoms with Crippen molar-refractivity contribution in [3.63, 3.8) is 0 Å². The number of likely N-dealkylation sites (tertiary alicyclic amines) is 2. The van der Waals surface area contributed by atoms with Crippen molar-refractivity contribution in [3.05, 3.63) is 0 Å². The fraction of sp³-hybridized carbons (Fsp3) is 0.900. The Morgan fingerprint density at radius 2 is 1.93 bits per heavy atom. The van der Waals surface area contributed by atoms with Crippen molar-refractivity contribution in [1.29, 1.82) is 0 Å². The molecule has 158 valence electrons. The Kier molecular flexibility index (Phi) is 5.41. The normalized spacial score (nSPS) is 37.8. The lowest BCUT2D eigenvalue weighted by molar-refractivity contribution is -0.140. The molecule has 0 aromatic heterocycles. The molecule has 0 radical (unpaired) electrons. The number of carbonyl (C=O) groups excluding carboxylic acids is 2. The maximum absolute atomic E-state index is 13.2. The third-order valence-corrected chi connectivity index (χ3v) is 7.05. The van der Waals surface area contributed by atoms with Gasteiger partial charge in [-0.3, -0.25) is 14.5 Å². The molecule has 0 aromatic carbocycles. The van der Waals surface area contributed by atoms with E-state index in [1.54, 1.807) is 0 Å². The topological polar surface area (TPSA) is 102 Å². The number of ether oxygens (including phenoxy) is 1. The highest BCUT2D eigenvalue weighted by Crippen LogP contribution is 2.39. The van der Waals surface area contributed by atoms with Crippen molar-refractivity contribution in [2.24, 2.45) is 5.92 Å². The summed E-state index contributed by atoms with van der Waals surface area (Å²) in [6.45, 7) is 5.18. The SMILES string of the molecule is CC1(O)CCN(CC(=O)N2CC(NC(=O)C3CC(O)C3)CC23CCOCC3)C1. The molecule has 4 aliphatic rings. The van der Waals surface area contributed by atoms with Crippen molar-refractivity contribution in [3.8, 4) is 0 Å². The Morgan fingerprint density at radius 1 is 1.21 bits per heavy atom. The van der Waals surface area contributed by atoms with E-state index in [2.05, 4.69) is 5.32 Å². The van der Waals surface area contributed by atoms with Crippen molar-refractivity contribution < 1.29 is 24.5 Å². The van der Waals surface area contributed by atoms with Crippen molar-refractivity contribution in [1.82, 2.24) is 15.1 Å². The van der Waals surface area contributed by atoms with E-state index in [-0.39, 0.29) is 35.4 Å². The van der Waals surface area contributed by atoms with E-state index >= 15 is 0 Å². The Morgan fingerprint density at radius 3 is 2.54 bits per heavy atom. The monoisotopic (exact) mass is 395 g/mol. The zero-order chi connectivity index (χ0) is 19.9. The van der Waals surface area contributed by atoms with Crippen molar-refractivity contribution >= 4 is 11.8 Å². The van der Waals surface area contributed by atoms with Gasteiger partial charge in [-0.1, -0.05) is 0 Å². The molecule has 8 heteroatoms. The van der Waals surface area contributed by atoms with E-state index in [1.807, 2.05) is 16.7 Å². The molecule has 0 aromatic rings. The maximum atomic E-state index is 13.2. The van der Waals surface area contributed by atoms with Crippen LogP contribution in [0.25, 0.3) is 0 Å². The summed E-state index contributed by atoms with van der Waals surface area (Å²) in [7, 11) is 0. The number of aliphatic hydroxyl groups is 2. The van der Waals surface area contributed by atoms with Gasteiger partial charge in [-0.05, 0) is 45.4 Å². The van der Waals surface area contributed by atoms with Crippen LogP contribution in [0.2, 0.25) is 0 Å². The summed E-state index contributed by atoms with van der Waals surface area (Å²) in [5, 5.41) is 22.7. The van der Waals surface area contributed by atoms with Gasteiger partial charge in [0.05, 0.1) is 18.2 Å². The average Bonchev–Trinajstić information content (AvgIpc) is 3.12. The Labute approximate surface area is 166 Å². The van der Waals surface area contributed by atoms with Gasteiger partial charge in [-0.2, -0.15) is 0 Å². The maximum Gasteiger partial charge on any atom is 0.237 e. The predicted molar refractivity (Wildman–Crippen MR) is 101 cm³/mol. The van der Waals surface area contributed by atoms with Crippen LogP contribution in [-0.2, 0) is 14.3 Å². The molecule has 4 fully saturated rings. The molecule has 8 nitrogen and oxygen atoms in total. The fourth-order valence-electron chi connectivity index (χ4n) is 5.31. The number of rotatable bonds is 4. The second-order valence-electron chi connectivity index (χ2n) is 9.53. The van der Waals surface area contributed by atoms with Crippen LogP contribution in [0, 0.1) is 5.92 Å². The summed E-state index contributed by atoms with van der Waals surface area (Å²) >= 11 is 0. The molecule has 2 amide bonds. The lowest BCUT2D eigenvalue weighted by Crippen LogP contribution is -2.53. The van der Waals surface area contributed by atoms with E-state index in [0.29, 0.717) is 52.1 Å². The fourth-order valence-corrected chi connectivity index (χ4v) is 5.31. The van der Waals surface area contributed by atoms with Crippen LogP contribution in [0.5, 0.6) is 0 Å². The van der Waals surface area contributed by atoms with Crippen LogP contribution in [0.15, 0.2) is 0 Å². The number of aliphatic hydroxyl groups excluding tert-OH is 1. The largest absolute Gasteiger partial charge is 0.393 e. The van der Waals surface area contributed by atoms with Crippen molar-refractivity contribution in [2.45, 2.75) is 68.7 Å². The van der Waals surface area contributed by atoms with Crippen LogP contribution in [0.3, 0.4) is 0 Å². The molecule has 3 heterocycles. The summed E-state index contributed by atoms with van der Waals surface area (Å²) in [5.74, 6) is -0.0185. The second-order valence-corrected chi connectivity index (χ2v) is 9.53. The molecule has 1 spiro atoms. The smallest absolute Gasteiger partial charge is 0.237 e. The van der Waals surface area contributed by atoms with Crippen molar-refractivity contribution in [2.75, 3.05) is 39.4 Å². The van der Waals surface area contributed by atoms with Crippen LogP contribution in [0.1, 0.15) is 45.4 Å². The lowest BCUT2D eigenvalue weighted by Gasteiger charge is -2.41. The minimum Gasteiger partial charge on any atom is -0.393 e. The Hall–Kier alpha value is -1.22. The standard InChI is InChI=1S/C20H33N3O5/c1-19(27)2-5-22(13-19)12-17(25)23-11-15(10-20(23)3-6-28-7-4-20)21-18(26)14-8-16(24)9-14/h14-16,24,27H,2-13H2,1H3,(H,21,26). The van der Waals surface area contributed by atoms with E-state index in [4.69, 9.17) is 4.74 Å². The minimum atomic E-state index is -0.717. The molecule has 2 unspecified atom stereocenters. The number of β-amino-alcohol motifs (C(OH)–C–C–N with tert-alkyl or cyclic N) is 1. The van der Waals surface area contributed by atoms with E-state index in [1.165, 1.54) is 0 Å². The van der Waals surface area contributed by atoms with E-state index in [9.17, 15) is 19.8 Å². The van der Waals surface area contributed by atoms with Gasteiger partial charge in [0.25, 0.3) is 0 Å². The number of nitrogens with zero attached hydrogens (tertiary/aromatic N) is 2. The van der Waals surface area contributed by atoms with Gasteiger partial charge >= 0.3 is 0 Å². The van der Waals surface area contributed by atoms with Gasteiger partial charge in [0, 0.05) is 50.3 Å². The molecule has 0 bridgehead atoms. The van der Waals surface area contributed by atoms with Crippen LogP contribution in [0.4, 0.5) is 0 Å². The van der Waals surface area contributed by atoms with Crippen LogP contribution >= 0.6 is 0 Å². The molecular formula is C20H33N3O5. The highest BCUT2D eigenvalue weighted by atomic mass is 16.5. The van der Waals surface area contributed by atoms with Gasteiger partial charge in [-0.15, -0.1) is 0 Å². The molecule has 28 heavy (non-hydrogen) atoms. The van der Waals surface area contributed by atoms with Gasteiger partial charge in [0.1, 0.15) is 0 Å².